The van der Waals surface area contributed by atoms with Crippen LogP contribution in [-0.2, 0) is 7.05 Å². The van der Waals surface area contributed by atoms with Gasteiger partial charge in [-0.05, 0) is 84.2 Å². The van der Waals surface area contributed by atoms with E-state index >= 15 is 0 Å². The molecule has 0 aliphatic rings. The fourth-order valence-corrected chi connectivity index (χ4v) is 5.67. The highest BCUT2D eigenvalue weighted by Gasteiger charge is 2.28. The highest BCUT2D eigenvalue weighted by molar-refractivity contribution is 5.93. The Morgan fingerprint density at radius 3 is 1.89 bits per heavy atom. The second-order valence-electron chi connectivity index (χ2n) is 11.1. The van der Waals surface area contributed by atoms with Crippen molar-refractivity contribution in [2.75, 3.05) is 0 Å². The van der Waals surface area contributed by atoms with Crippen LogP contribution in [0.2, 0.25) is 0 Å². The van der Waals surface area contributed by atoms with Crippen LogP contribution in [0.15, 0.2) is 79.0 Å². The predicted octanol–water partition coefficient (Wildman–Crippen LogP) is 8.96. The Hall–Kier alpha value is -3.65. The van der Waals surface area contributed by atoms with Crippen LogP contribution in [0, 0.1) is 20.8 Å². The third-order valence-corrected chi connectivity index (χ3v) is 7.86. The molecule has 0 aliphatic carbocycles. The molecule has 0 amide bonds. The normalized spacial score (nSPS) is 11.7. The molecule has 0 saturated heterocycles. The van der Waals surface area contributed by atoms with Crippen LogP contribution in [-0.4, -0.2) is 4.57 Å². The van der Waals surface area contributed by atoms with Crippen molar-refractivity contribution in [1.29, 1.82) is 0 Å². The zero-order valence-corrected chi connectivity index (χ0v) is 23.6. The third kappa shape index (κ3) is 4.29. The lowest BCUT2D eigenvalue weighted by Crippen LogP contribution is -2.32. The molecule has 5 aromatic rings. The van der Waals surface area contributed by atoms with E-state index in [0.717, 1.165) is 0 Å². The van der Waals surface area contributed by atoms with Crippen LogP contribution < -0.4 is 4.57 Å². The number of benzene rings is 3. The van der Waals surface area contributed by atoms with E-state index in [9.17, 15) is 0 Å². The lowest BCUT2D eigenvalue weighted by molar-refractivity contribution is -0.661. The first kappa shape index (κ1) is 25.0. The Kier molecular flexibility index (Phi) is 6.54. The minimum absolute atomic E-state index is 0.374. The SMILES string of the molecule is Cc1cc(-c2c(C)c3ccccc3n2-c2c(C(C)C)cc(-c3ccccc3)cc2C(C)C)[n+](C)cc1C. The van der Waals surface area contributed by atoms with E-state index in [0.29, 0.717) is 11.8 Å². The van der Waals surface area contributed by atoms with E-state index in [1.54, 1.807) is 0 Å². The molecule has 0 unspecified atom stereocenters. The Bertz CT molecular complexity index is 1570. The van der Waals surface area contributed by atoms with Gasteiger partial charge >= 0.3 is 0 Å². The summed E-state index contributed by atoms with van der Waals surface area (Å²) in [5.74, 6) is 0.748. The molecule has 0 aliphatic heterocycles. The smallest absolute Gasteiger partial charge is 0.229 e. The van der Waals surface area contributed by atoms with Gasteiger partial charge in [0.25, 0.3) is 0 Å². The van der Waals surface area contributed by atoms with Gasteiger partial charge in [0.2, 0.25) is 5.69 Å². The highest BCUT2D eigenvalue weighted by atomic mass is 15.0. The van der Waals surface area contributed by atoms with Gasteiger partial charge in [-0.1, -0.05) is 76.2 Å². The Labute approximate surface area is 222 Å². The number of pyridine rings is 1. The van der Waals surface area contributed by atoms with Crippen molar-refractivity contribution >= 4 is 10.9 Å². The van der Waals surface area contributed by atoms with Gasteiger partial charge in [0, 0.05) is 17.0 Å². The van der Waals surface area contributed by atoms with E-state index in [-0.39, 0.29) is 0 Å². The lowest BCUT2D eigenvalue weighted by Gasteiger charge is -2.25. The van der Waals surface area contributed by atoms with Gasteiger partial charge in [-0.25, -0.2) is 0 Å². The number of aryl methyl sites for hydroxylation is 4. The van der Waals surface area contributed by atoms with Crippen molar-refractivity contribution in [3.8, 4) is 28.2 Å². The second kappa shape index (κ2) is 9.67. The van der Waals surface area contributed by atoms with Crippen LogP contribution in [0.1, 0.15) is 67.3 Å². The molecule has 2 aromatic heterocycles. The Morgan fingerprint density at radius 1 is 0.676 bits per heavy atom. The largest absolute Gasteiger partial charge is 0.303 e. The summed E-state index contributed by atoms with van der Waals surface area (Å²) >= 11 is 0. The number of fused-ring (bicyclic) bond motifs is 1. The van der Waals surface area contributed by atoms with E-state index < -0.39 is 0 Å². The highest BCUT2D eigenvalue weighted by Crippen LogP contribution is 2.42. The summed E-state index contributed by atoms with van der Waals surface area (Å²) in [6.07, 6.45) is 2.26. The zero-order valence-electron chi connectivity index (χ0n) is 23.6. The van der Waals surface area contributed by atoms with Crippen LogP contribution >= 0.6 is 0 Å². The first-order chi connectivity index (χ1) is 17.7. The van der Waals surface area contributed by atoms with Gasteiger partial charge in [0.05, 0.1) is 11.2 Å². The number of aromatic nitrogens is 2. The average molecular weight is 488 g/mol. The van der Waals surface area contributed by atoms with E-state index in [2.05, 4.69) is 144 Å². The predicted molar refractivity (Wildman–Crippen MR) is 158 cm³/mol. The van der Waals surface area contributed by atoms with Crippen molar-refractivity contribution in [3.63, 3.8) is 0 Å². The molecule has 2 heterocycles. The maximum Gasteiger partial charge on any atom is 0.229 e. The fraction of sp³-hybridized carbons (Fsp3) is 0.286. The number of hydrogen-bond acceptors (Lipinski definition) is 0. The summed E-state index contributed by atoms with van der Waals surface area (Å²) in [7, 11) is 2.18. The van der Waals surface area contributed by atoms with Crippen molar-refractivity contribution < 1.29 is 4.57 Å². The molecule has 2 nitrogen and oxygen atoms in total. The van der Waals surface area contributed by atoms with Crippen LogP contribution in [0.25, 0.3) is 39.1 Å². The zero-order chi connectivity index (χ0) is 26.4. The van der Waals surface area contributed by atoms with Crippen LogP contribution in [0.3, 0.4) is 0 Å². The monoisotopic (exact) mass is 487 g/mol. The minimum atomic E-state index is 0.374. The fourth-order valence-electron chi connectivity index (χ4n) is 5.67. The van der Waals surface area contributed by atoms with Gasteiger partial charge in [0.15, 0.2) is 6.20 Å². The Balaban J connectivity index is 1.95. The topological polar surface area (TPSA) is 8.81 Å². The molecule has 2 heteroatoms. The van der Waals surface area contributed by atoms with Crippen molar-refractivity contribution in [2.45, 2.75) is 60.3 Å². The molecule has 0 N–H and O–H groups in total. The first-order valence-corrected chi connectivity index (χ1v) is 13.5. The lowest BCUT2D eigenvalue weighted by atomic mass is 9.88. The average Bonchev–Trinajstić information content (AvgIpc) is 3.17. The van der Waals surface area contributed by atoms with Gasteiger partial charge in [-0.3, -0.25) is 0 Å². The van der Waals surface area contributed by atoms with E-state index in [1.807, 2.05) is 0 Å². The molecular formula is C35H39N2+. The maximum absolute atomic E-state index is 2.56. The molecule has 0 atom stereocenters. The molecule has 0 saturated carbocycles. The molecule has 188 valence electrons. The molecule has 0 spiro atoms. The van der Waals surface area contributed by atoms with Crippen LogP contribution in [0.4, 0.5) is 0 Å². The van der Waals surface area contributed by atoms with Crippen molar-refractivity contribution in [2.24, 2.45) is 7.05 Å². The summed E-state index contributed by atoms with van der Waals surface area (Å²) in [5.41, 5.74) is 14.4. The van der Waals surface area contributed by atoms with Crippen molar-refractivity contribution in [3.05, 3.63) is 107 Å². The van der Waals surface area contributed by atoms with Gasteiger partial charge in [-0.2, -0.15) is 4.57 Å². The van der Waals surface area contributed by atoms with Gasteiger partial charge < -0.3 is 4.57 Å². The number of para-hydroxylation sites is 1. The molecule has 5 rings (SSSR count). The number of rotatable bonds is 5. The van der Waals surface area contributed by atoms with Gasteiger partial charge in [-0.15, -0.1) is 0 Å². The second-order valence-corrected chi connectivity index (χ2v) is 11.1. The molecule has 0 radical (unpaired) electrons. The van der Waals surface area contributed by atoms with E-state index in [4.69, 9.17) is 0 Å². The summed E-state index contributed by atoms with van der Waals surface area (Å²) in [5, 5.41) is 1.31. The van der Waals surface area contributed by atoms with Crippen molar-refractivity contribution in [1.82, 2.24) is 4.57 Å². The minimum Gasteiger partial charge on any atom is -0.303 e. The first-order valence-electron chi connectivity index (χ1n) is 13.5. The summed E-state index contributed by atoms with van der Waals surface area (Å²) in [4.78, 5) is 0. The standard InChI is InChI=1S/C35H39N2/c1-22(2)30-19-28(27-14-10-9-11-15-27)20-31(23(3)4)35(30)37-32-17-13-12-16-29(32)26(7)34(37)33-18-24(5)25(6)21-36(33)8/h9-23H,1-8H3/q+1. The number of hydrogen-bond donors (Lipinski definition) is 0. The van der Waals surface area contributed by atoms with E-state index in [1.165, 1.54) is 66.9 Å². The maximum atomic E-state index is 2.56. The summed E-state index contributed by atoms with van der Waals surface area (Å²) in [6, 6.07) is 26.9. The van der Waals surface area contributed by atoms with Crippen LogP contribution in [0.5, 0.6) is 0 Å². The third-order valence-electron chi connectivity index (χ3n) is 7.86. The molecule has 0 bridgehead atoms. The molecule has 3 aromatic carbocycles. The molecular weight excluding hydrogens is 448 g/mol. The quantitative estimate of drug-likeness (QED) is 0.219. The van der Waals surface area contributed by atoms with Gasteiger partial charge in [0.1, 0.15) is 12.7 Å². The molecule has 37 heavy (non-hydrogen) atoms. The Morgan fingerprint density at radius 2 is 1.27 bits per heavy atom. The summed E-state index contributed by atoms with van der Waals surface area (Å²) < 4.78 is 4.86. The summed E-state index contributed by atoms with van der Waals surface area (Å²) in [6.45, 7) is 16.0. The number of nitrogens with zero attached hydrogens (tertiary/aromatic N) is 2. The molecule has 0 fully saturated rings.